The van der Waals surface area contributed by atoms with Crippen LogP contribution in [-0.4, -0.2) is 42.9 Å². The van der Waals surface area contributed by atoms with Crippen molar-refractivity contribution >= 4 is 17.7 Å². The summed E-state index contributed by atoms with van der Waals surface area (Å²) < 4.78 is 31.0. The lowest BCUT2D eigenvalue weighted by molar-refractivity contribution is -0.241. The van der Waals surface area contributed by atoms with Gasteiger partial charge in [0.2, 0.25) is 0 Å². The van der Waals surface area contributed by atoms with E-state index in [1.165, 1.54) is 11.8 Å². The number of carbonyl (C=O) groups excluding carboxylic acids is 1. The van der Waals surface area contributed by atoms with Crippen LogP contribution in [0, 0.1) is 5.41 Å². The van der Waals surface area contributed by atoms with Gasteiger partial charge in [0.25, 0.3) is 0 Å². The third kappa shape index (κ3) is 8.08. The lowest BCUT2D eigenvalue weighted by atomic mass is 9.96. The Hall–Kier alpha value is -2.84. The van der Waals surface area contributed by atoms with Crippen molar-refractivity contribution in [3.63, 3.8) is 0 Å². The van der Waals surface area contributed by atoms with E-state index in [0.29, 0.717) is 13.2 Å². The molecule has 1 aliphatic heterocycles. The average Bonchev–Trinajstić information content (AvgIpc) is 2.93. The molecule has 39 heavy (non-hydrogen) atoms. The monoisotopic (exact) mass is 550 g/mol. The smallest absolute Gasteiger partial charge is 0.311 e. The van der Waals surface area contributed by atoms with Crippen LogP contribution in [0.15, 0.2) is 89.8 Å². The minimum atomic E-state index is -0.697. The van der Waals surface area contributed by atoms with Gasteiger partial charge in [-0.2, -0.15) is 0 Å². The van der Waals surface area contributed by atoms with E-state index in [2.05, 4.69) is 0 Å². The Morgan fingerprint density at radius 3 is 1.95 bits per heavy atom. The van der Waals surface area contributed by atoms with Gasteiger partial charge in [-0.25, -0.2) is 0 Å². The first-order valence-corrected chi connectivity index (χ1v) is 14.1. The largest absolute Gasteiger partial charge is 0.497 e. The van der Waals surface area contributed by atoms with Gasteiger partial charge < -0.3 is 23.7 Å². The molecule has 6 nitrogen and oxygen atoms in total. The SMILES string of the molecule is COc1ccc(CO[C@@H]2[C@@H](OCc3ccccc3)[C@H](C)O[C@@H](Sc3ccccc3)[C@@H]2OC(=O)C(C)(C)C)cc1. The number of thioether (sulfide) groups is 1. The molecule has 0 amide bonds. The van der Waals surface area contributed by atoms with Crippen molar-refractivity contribution in [1.82, 2.24) is 0 Å². The van der Waals surface area contributed by atoms with E-state index in [0.717, 1.165) is 21.8 Å². The highest BCUT2D eigenvalue weighted by Crippen LogP contribution is 2.38. The molecule has 1 saturated heterocycles. The molecule has 0 saturated carbocycles. The van der Waals surface area contributed by atoms with Crippen molar-refractivity contribution in [3.8, 4) is 5.75 Å². The van der Waals surface area contributed by atoms with Crippen molar-refractivity contribution in [2.24, 2.45) is 5.41 Å². The Balaban J connectivity index is 1.63. The topological polar surface area (TPSA) is 63.2 Å². The Morgan fingerprint density at radius 1 is 0.795 bits per heavy atom. The summed E-state index contributed by atoms with van der Waals surface area (Å²) >= 11 is 1.52. The predicted octanol–water partition coefficient (Wildman–Crippen LogP) is 6.66. The van der Waals surface area contributed by atoms with E-state index in [1.54, 1.807) is 7.11 Å². The fourth-order valence-electron chi connectivity index (χ4n) is 4.23. The molecule has 0 unspecified atom stereocenters. The molecular weight excluding hydrogens is 512 g/mol. The maximum atomic E-state index is 13.2. The Bertz CT molecular complexity index is 1160. The minimum absolute atomic E-state index is 0.305. The molecule has 208 valence electrons. The number of hydrogen-bond donors (Lipinski definition) is 0. The molecule has 0 bridgehead atoms. The van der Waals surface area contributed by atoms with Crippen LogP contribution < -0.4 is 4.74 Å². The quantitative estimate of drug-likeness (QED) is 0.262. The molecule has 0 aromatic heterocycles. The Kier molecular flexibility index (Phi) is 10.1. The third-order valence-corrected chi connectivity index (χ3v) is 7.62. The Morgan fingerprint density at radius 2 is 1.36 bits per heavy atom. The van der Waals surface area contributed by atoms with Crippen LogP contribution in [-0.2, 0) is 37.0 Å². The van der Waals surface area contributed by atoms with Crippen molar-refractivity contribution in [2.45, 2.75) is 75.7 Å². The molecule has 7 heteroatoms. The summed E-state index contributed by atoms with van der Waals surface area (Å²) in [6.45, 7) is 8.23. The molecule has 0 radical (unpaired) electrons. The zero-order valence-electron chi connectivity index (χ0n) is 23.2. The summed E-state index contributed by atoms with van der Waals surface area (Å²) in [5.41, 5.74) is 0.852. The minimum Gasteiger partial charge on any atom is -0.497 e. The molecule has 3 aromatic rings. The van der Waals surface area contributed by atoms with Gasteiger partial charge in [0, 0.05) is 4.90 Å². The molecule has 1 aliphatic rings. The first-order chi connectivity index (χ1) is 18.7. The first-order valence-electron chi connectivity index (χ1n) is 13.2. The van der Waals surface area contributed by atoms with Crippen molar-refractivity contribution < 1.29 is 28.5 Å². The van der Waals surface area contributed by atoms with E-state index in [1.807, 2.05) is 113 Å². The number of rotatable bonds is 10. The average molecular weight is 551 g/mol. The second kappa shape index (κ2) is 13.5. The summed E-state index contributed by atoms with van der Waals surface area (Å²) in [6, 6.07) is 27.7. The van der Waals surface area contributed by atoms with Crippen LogP contribution in [0.2, 0.25) is 0 Å². The lowest BCUT2D eigenvalue weighted by Crippen LogP contribution is -2.59. The molecular formula is C32H38O6S. The van der Waals surface area contributed by atoms with E-state index >= 15 is 0 Å². The van der Waals surface area contributed by atoms with Gasteiger partial charge in [-0.3, -0.25) is 4.79 Å². The molecule has 1 heterocycles. The molecule has 0 spiro atoms. The van der Waals surface area contributed by atoms with Gasteiger partial charge in [0.1, 0.15) is 23.4 Å². The second-order valence-electron chi connectivity index (χ2n) is 10.6. The maximum Gasteiger partial charge on any atom is 0.311 e. The maximum absolute atomic E-state index is 13.2. The van der Waals surface area contributed by atoms with Crippen LogP contribution in [0.25, 0.3) is 0 Å². The van der Waals surface area contributed by atoms with Crippen molar-refractivity contribution in [2.75, 3.05) is 7.11 Å². The lowest BCUT2D eigenvalue weighted by Gasteiger charge is -2.45. The fourth-order valence-corrected chi connectivity index (χ4v) is 5.39. The first kappa shape index (κ1) is 29.2. The molecule has 3 aromatic carbocycles. The zero-order chi connectivity index (χ0) is 27.8. The highest BCUT2D eigenvalue weighted by molar-refractivity contribution is 7.99. The molecule has 0 aliphatic carbocycles. The standard InChI is InChI=1S/C32H38O6S/c1-22-27(35-20-23-12-8-6-9-13-23)28(36-21-24-16-18-25(34-5)19-17-24)29(38-31(33)32(2,3)4)30(37-22)39-26-14-10-7-11-15-26/h6-19,22,27-30H,20-21H2,1-5H3/t22-,27-,28+,29+,30-/m0/s1. The van der Waals surface area contributed by atoms with Crippen LogP contribution in [0.4, 0.5) is 0 Å². The van der Waals surface area contributed by atoms with Crippen LogP contribution in [0.1, 0.15) is 38.8 Å². The van der Waals surface area contributed by atoms with Gasteiger partial charge in [0.15, 0.2) is 6.10 Å². The normalized spacial score (nSPS) is 23.3. The highest BCUT2D eigenvalue weighted by Gasteiger charge is 2.49. The second-order valence-corrected chi connectivity index (χ2v) is 11.8. The number of esters is 1. The van der Waals surface area contributed by atoms with Gasteiger partial charge in [-0.1, -0.05) is 72.4 Å². The van der Waals surface area contributed by atoms with Crippen molar-refractivity contribution in [1.29, 1.82) is 0 Å². The summed E-state index contributed by atoms with van der Waals surface area (Å²) in [5, 5.41) is 0. The van der Waals surface area contributed by atoms with Crippen molar-refractivity contribution in [3.05, 3.63) is 96.1 Å². The van der Waals surface area contributed by atoms with Gasteiger partial charge in [-0.15, -0.1) is 0 Å². The zero-order valence-corrected chi connectivity index (χ0v) is 24.1. The fraction of sp³-hybridized carbons (Fsp3) is 0.406. The number of ether oxygens (including phenoxy) is 5. The van der Waals surface area contributed by atoms with Crippen LogP contribution >= 0.6 is 11.8 Å². The summed E-state index contributed by atoms with van der Waals surface area (Å²) in [7, 11) is 1.64. The van der Waals surface area contributed by atoms with Gasteiger partial charge in [-0.05, 0) is 63.1 Å². The molecule has 4 rings (SSSR count). The summed E-state index contributed by atoms with van der Waals surface area (Å²) in [5.74, 6) is 0.461. The van der Waals surface area contributed by atoms with Crippen LogP contribution in [0.5, 0.6) is 5.75 Å². The summed E-state index contributed by atoms with van der Waals surface area (Å²) in [4.78, 5) is 14.2. The number of carbonyl (C=O) groups is 1. The van der Waals surface area contributed by atoms with Gasteiger partial charge in [0.05, 0.1) is 31.8 Å². The number of hydrogen-bond acceptors (Lipinski definition) is 7. The van der Waals surface area contributed by atoms with E-state index in [-0.39, 0.29) is 12.1 Å². The molecule has 1 fully saturated rings. The predicted molar refractivity (Wildman–Crippen MR) is 153 cm³/mol. The molecule has 5 atom stereocenters. The van der Waals surface area contributed by atoms with E-state index in [4.69, 9.17) is 23.7 Å². The summed E-state index contributed by atoms with van der Waals surface area (Å²) in [6.07, 6.45) is -2.03. The van der Waals surface area contributed by atoms with Gasteiger partial charge >= 0.3 is 5.97 Å². The Labute approximate surface area is 236 Å². The number of methoxy groups -OCH3 is 1. The number of benzene rings is 3. The third-order valence-electron chi connectivity index (χ3n) is 6.46. The van der Waals surface area contributed by atoms with Crippen LogP contribution in [0.3, 0.4) is 0 Å². The highest BCUT2D eigenvalue weighted by atomic mass is 32.2. The van der Waals surface area contributed by atoms with E-state index < -0.39 is 29.2 Å². The van der Waals surface area contributed by atoms with E-state index in [9.17, 15) is 4.79 Å². The molecule has 0 N–H and O–H groups in total.